The van der Waals surface area contributed by atoms with Gasteiger partial charge in [0.05, 0.1) is 9.58 Å². The van der Waals surface area contributed by atoms with Crippen molar-refractivity contribution in [3.63, 3.8) is 0 Å². The molecule has 0 saturated heterocycles. The summed E-state index contributed by atoms with van der Waals surface area (Å²) in [5.74, 6) is 0. The highest BCUT2D eigenvalue weighted by molar-refractivity contribution is 7.23. The molecular weight excluding hydrogens is 244 g/mol. The summed E-state index contributed by atoms with van der Waals surface area (Å²) in [5.41, 5.74) is 6.41. The molecule has 80 valence electrons. The maximum Gasteiger partial charge on any atom is 0.291 e. The average Bonchev–Trinajstić information content (AvgIpc) is 2.87. The van der Waals surface area contributed by atoms with Gasteiger partial charge in [-0.3, -0.25) is 4.79 Å². The van der Waals surface area contributed by atoms with Gasteiger partial charge in [0.1, 0.15) is 5.69 Å². The largest absolute Gasteiger partial charge is 0.375 e. The van der Waals surface area contributed by atoms with Gasteiger partial charge in [-0.25, -0.2) is 10.1 Å². The first kappa shape index (κ1) is 9.49. The maximum atomic E-state index is 11.5. The van der Waals surface area contributed by atoms with Crippen LogP contribution in [0.5, 0.6) is 0 Å². The van der Waals surface area contributed by atoms with Crippen molar-refractivity contribution in [1.29, 1.82) is 0 Å². The van der Waals surface area contributed by atoms with E-state index in [1.807, 2.05) is 17.5 Å². The van der Waals surface area contributed by atoms with Gasteiger partial charge in [-0.2, -0.15) is 5.10 Å². The molecule has 0 amide bonds. The molecular formula is C9H6N4OS2. The van der Waals surface area contributed by atoms with E-state index in [4.69, 9.17) is 5.73 Å². The Balaban J connectivity index is 2.42. The Kier molecular flexibility index (Phi) is 2.01. The lowest BCUT2D eigenvalue weighted by Gasteiger charge is -1.95. The molecule has 0 saturated carbocycles. The van der Waals surface area contributed by atoms with Crippen molar-refractivity contribution >= 4 is 38.0 Å². The van der Waals surface area contributed by atoms with E-state index in [9.17, 15) is 4.79 Å². The van der Waals surface area contributed by atoms with E-state index in [1.165, 1.54) is 11.3 Å². The van der Waals surface area contributed by atoms with Gasteiger partial charge in [-0.05, 0) is 11.4 Å². The minimum absolute atomic E-state index is 0.303. The van der Waals surface area contributed by atoms with Gasteiger partial charge in [-0.15, -0.1) is 11.3 Å². The Morgan fingerprint density at radius 1 is 1.44 bits per heavy atom. The molecule has 0 fully saturated rings. The molecule has 0 radical (unpaired) electrons. The predicted octanol–water partition coefficient (Wildman–Crippen LogP) is 1.69. The van der Waals surface area contributed by atoms with Gasteiger partial charge in [0.25, 0.3) is 5.56 Å². The number of nitrogens with one attached hydrogen (secondary N) is 1. The second-order valence-corrected chi connectivity index (χ2v) is 5.09. The van der Waals surface area contributed by atoms with Crippen molar-refractivity contribution in [1.82, 2.24) is 15.2 Å². The number of thiazole rings is 1. The summed E-state index contributed by atoms with van der Waals surface area (Å²) in [7, 11) is 0. The summed E-state index contributed by atoms with van der Waals surface area (Å²) >= 11 is 2.84. The molecule has 3 aromatic rings. The zero-order valence-electron chi connectivity index (χ0n) is 7.93. The second kappa shape index (κ2) is 3.39. The summed E-state index contributed by atoms with van der Waals surface area (Å²) in [6.45, 7) is 0. The fourth-order valence-electron chi connectivity index (χ4n) is 1.44. The standard InChI is InChI=1S/C9H6N4OS2/c10-9-11-6-7(16-9)5(12-13-8(6)14)4-2-1-3-15-4/h1-3H,(H2,10,11)(H,13,14). The molecule has 0 aliphatic heterocycles. The van der Waals surface area contributed by atoms with Crippen LogP contribution in [0.15, 0.2) is 22.3 Å². The van der Waals surface area contributed by atoms with E-state index in [1.54, 1.807) is 11.3 Å². The van der Waals surface area contributed by atoms with Gasteiger partial charge < -0.3 is 5.73 Å². The third kappa shape index (κ3) is 1.33. The first-order valence-electron chi connectivity index (χ1n) is 4.44. The van der Waals surface area contributed by atoms with Crippen molar-refractivity contribution in [3.05, 3.63) is 27.9 Å². The smallest absolute Gasteiger partial charge is 0.291 e. The van der Waals surface area contributed by atoms with E-state index < -0.39 is 0 Å². The van der Waals surface area contributed by atoms with Gasteiger partial charge in [0.2, 0.25) is 0 Å². The third-order valence-corrected chi connectivity index (χ3v) is 3.87. The lowest BCUT2D eigenvalue weighted by Crippen LogP contribution is -2.08. The SMILES string of the molecule is Nc1nc2c(=O)[nH]nc(-c3cccs3)c2s1. The zero-order chi connectivity index (χ0) is 11.1. The fraction of sp³-hybridized carbons (Fsp3) is 0. The summed E-state index contributed by atoms with van der Waals surface area (Å²) in [6, 6.07) is 3.88. The van der Waals surface area contributed by atoms with Crippen molar-refractivity contribution < 1.29 is 0 Å². The Hall–Kier alpha value is -1.73. The molecule has 3 rings (SSSR count). The number of nitrogens with zero attached hydrogens (tertiary/aromatic N) is 2. The predicted molar refractivity (Wildman–Crippen MR) is 65.8 cm³/mol. The topological polar surface area (TPSA) is 84.7 Å². The molecule has 0 aromatic carbocycles. The first-order valence-corrected chi connectivity index (χ1v) is 6.14. The van der Waals surface area contributed by atoms with Crippen LogP contribution in [0, 0.1) is 0 Å². The maximum absolute atomic E-state index is 11.5. The van der Waals surface area contributed by atoms with E-state index >= 15 is 0 Å². The van der Waals surface area contributed by atoms with Crippen molar-refractivity contribution in [2.45, 2.75) is 0 Å². The number of thiophene rings is 1. The first-order chi connectivity index (χ1) is 7.75. The molecule has 3 N–H and O–H groups in total. The van der Waals surface area contributed by atoms with Crippen LogP contribution in [0.1, 0.15) is 0 Å². The number of rotatable bonds is 1. The van der Waals surface area contributed by atoms with Crippen LogP contribution in [-0.4, -0.2) is 15.2 Å². The molecule has 16 heavy (non-hydrogen) atoms. The van der Waals surface area contributed by atoms with Crippen LogP contribution in [0.3, 0.4) is 0 Å². The molecule has 0 atom stereocenters. The monoisotopic (exact) mass is 250 g/mol. The highest BCUT2D eigenvalue weighted by atomic mass is 32.1. The molecule has 3 aromatic heterocycles. The number of aromatic nitrogens is 3. The van der Waals surface area contributed by atoms with E-state index in [-0.39, 0.29) is 5.56 Å². The molecule has 7 heteroatoms. The quantitative estimate of drug-likeness (QED) is 0.688. The van der Waals surface area contributed by atoms with Crippen LogP contribution in [0.2, 0.25) is 0 Å². The summed E-state index contributed by atoms with van der Waals surface area (Å²) in [6.07, 6.45) is 0. The van der Waals surface area contributed by atoms with Crippen LogP contribution in [0.25, 0.3) is 20.8 Å². The van der Waals surface area contributed by atoms with Gasteiger partial charge in [0, 0.05) is 0 Å². The minimum Gasteiger partial charge on any atom is -0.375 e. The summed E-state index contributed by atoms with van der Waals surface area (Å²) in [4.78, 5) is 16.5. The minimum atomic E-state index is -0.303. The normalized spacial score (nSPS) is 11.0. The van der Waals surface area contributed by atoms with E-state index in [0.717, 1.165) is 15.3 Å². The van der Waals surface area contributed by atoms with E-state index in [0.29, 0.717) is 10.6 Å². The van der Waals surface area contributed by atoms with Crippen LogP contribution in [-0.2, 0) is 0 Å². The number of nitrogens with two attached hydrogens (primary N) is 1. The third-order valence-electron chi connectivity index (χ3n) is 2.10. The summed E-state index contributed by atoms with van der Waals surface area (Å²) < 4.78 is 0.740. The van der Waals surface area contributed by atoms with Gasteiger partial charge >= 0.3 is 0 Å². The Labute approximate surface area is 97.6 Å². The van der Waals surface area contributed by atoms with Gasteiger partial charge in [0.15, 0.2) is 10.6 Å². The summed E-state index contributed by atoms with van der Waals surface area (Å²) in [5, 5.41) is 8.82. The van der Waals surface area contributed by atoms with Crippen molar-refractivity contribution in [2.24, 2.45) is 0 Å². The van der Waals surface area contributed by atoms with E-state index in [2.05, 4.69) is 15.2 Å². The number of hydrogen-bond donors (Lipinski definition) is 2. The molecule has 0 unspecified atom stereocenters. The number of H-pyrrole nitrogens is 1. The van der Waals surface area contributed by atoms with Crippen molar-refractivity contribution in [3.8, 4) is 10.6 Å². The Bertz CT molecular complexity index is 698. The fourth-order valence-corrected chi connectivity index (χ4v) is 3.06. The number of anilines is 1. The molecule has 5 nitrogen and oxygen atoms in total. The number of nitrogen functional groups attached to an aromatic ring is 1. The van der Waals surface area contributed by atoms with Crippen molar-refractivity contribution in [2.75, 3.05) is 5.73 Å². The lowest BCUT2D eigenvalue weighted by molar-refractivity contribution is 1.02. The van der Waals surface area contributed by atoms with Gasteiger partial charge in [-0.1, -0.05) is 17.4 Å². The molecule has 0 spiro atoms. The molecule has 0 aliphatic carbocycles. The second-order valence-electron chi connectivity index (χ2n) is 3.11. The van der Waals surface area contributed by atoms with Crippen LogP contribution in [0.4, 0.5) is 5.13 Å². The number of aromatic amines is 1. The number of hydrogen-bond acceptors (Lipinski definition) is 6. The lowest BCUT2D eigenvalue weighted by atomic mass is 10.3. The Morgan fingerprint density at radius 3 is 3.06 bits per heavy atom. The molecule has 0 bridgehead atoms. The van der Waals surface area contributed by atoms with Crippen LogP contribution < -0.4 is 11.3 Å². The highest BCUT2D eigenvalue weighted by Crippen LogP contribution is 2.32. The molecule has 3 heterocycles. The zero-order valence-corrected chi connectivity index (χ0v) is 9.56. The molecule has 0 aliphatic rings. The van der Waals surface area contributed by atoms with Crippen LogP contribution >= 0.6 is 22.7 Å². The Morgan fingerprint density at radius 2 is 2.31 bits per heavy atom. The average molecular weight is 250 g/mol. The highest BCUT2D eigenvalue weighted by Gasteiger charge is 2.13. The number of fused-ring (bicyclic) bond motifs is 1.